The van der Waals surface area contributed by atoms with E-state index in [1.54, 1.807) is 29.2 Å². The summed E-state index contributed by atoms with van der Waals surface area (Å²) in [7, 11) is 1.30. The van der Waals surface area contributed by atoms with Crippen LogP contribution in [0.5, 0.6) is 0 Å². The minimum atomic E-state index is -0.521. The summed E-state index contributed by atoms with van der Waals surface area (Å²) in [6.45, 7) is 1.17. The summed E-state index contributed by atoms with van der Waals surface area (Å²) in [5.74, 6) is -0.937. The zero-order chi connectivity index (χ0) is 19.0. The first-order valence-electron chi connectivity index (χ1n) is 8.61. The number of nitrogens with zero attached hydrogens (tertiary/aromatic N) is 2. The van der Waals surface area contributed by atoms with E-state index in [1.165, 1.54) is 7.11 Å². The maximum atomic E-state index is 12.3. The molecule has 0 bridgehead atoms. The molecule has 2 N–H and O–H groups in total. The van der Waals surface area contributed by atoms with E-state index in [9.17, 15) is 14.4 Å². The van der Waals surface area contributed by atoms with Gasteiger partial charge in [0.25, 0.3) is 0 Å². The van der Waals surface area contributed by atoms with Crippen LogP contribution < -0.4 is 15.5 Å². The number of carbonyl (C=O) groups excluding carboxylic acids is 3. The van der Waals surface area contributed by atoms with Gasteiger partial charge in [-0.25, -0.2) is 14.6 Å². The summed E-state index contributed by atoms with van der Waals surface area (Å²) < 4.78 is 4.73. The molecule has 1 fully saturated rings. The SMILES string of the molecule is COC(=O)c1cccc([C@H]2CC(=O)Nc3cc(N4CCNC4=O)ccc32)n1. The third-order valence-corrected chi connectivity index (χ3v) is 4.77. The number of hydrogen-bond acceptors (Lipinski definition) is 5. The van der Waals surface area contributed by atoms with Crippen LogP contribution in [0.2, 0.25) is 0 Å². The molecule has 27 heavy (non-hydrogen) atoms. The molecule has 1 aromatic heterocycles. The molecule has 0 aliphatic carbocycles. The first-order valence-corrected chi connectivity index (χ1v) is 8.61. The zero-order valence-electron chi connectivity index (χ0n) is 14.7. The molecule has 4 rings (SSSR count). The van der Waals surface area contributed by atoms with Crippen molar-refractivity contribution in [3.05, 3.63) is 53.3 Å². The van der Waals surface area contributed by atoms with E-state index in [4.69, 9.17) is 4.74 Å². The van der Waals surface area contributed by atoms with Crippen molar-refractivity contribution in [2.75, 3.05) is 30.4 Å². The summed E-state index contributed by atoms with van der Waals surface area (Å²) in [4.78, 5) is 41.9. The average Bonchev–Trinajstić information content (AvgIpc) is 3.12. The summed E-state index contributed by atoms with van der Waals surface area (Å²) in [6, 6.07) is 10.5. The Bertz CT molecular complexity index is 943. The van der Waals surface area contributed by atoms with Crippen molar-refractivity contribution >= 4 is 29.3 Å². The van der Waals surface area contributed by atoms with Gasteiger partial charge in [0, 0.05) is 42.5 Å². The fourth-order valence-corrected chi connectivity index (χ4v) is 3.47. The van der Waals surface area contributed by atoms with Gasteiger partial charge in [0.2, 0.25) is 5.91 Å². The summed E-state index contributed by atoms with van der Waals surface area (Å²) >= 11 is 0. The lowest BCUT2D eigenvalue weighted by Gasteiger charge is -2.27. The number of amides is 3. The van der Waals surface area contributed by atoms with Crippen LogP contribution in [0.3, 0.4) is 0 Å². The molecule has 3 amide bonds. The van der Waals surface area contributed by atoms with Crippen molar-refractivity contribution in [1.29, 1.82) is 0 Å². The lowest BCUT2D eigenvalue weighted by atomic mass is 9.87. The van der Waals surface area contributed by atoms with Crippen molar-refractivity contribution in [2.24, 2.45) is 0 Å². The van der Waals surface area contributed by atoms with Gasteiger partial charge in [-0.05, 0) is 29.8 Å². The molecular formula is C19H18N4O4. The van der Waals surface area contributed by atoms with Crippen molar-refractivity contribution in [3.63, 3.8) is 0 Å². The Labute approximate surface area is 155 Å². The largest absolute Gasteiger partial charge is 0.464 e. The summed E-state index contributed by atoms with van der Waals surface area (Å²) in [5, 5.41) is 5.63. The first kappa shape index (κ1) is 17.0. The molecule has 8 nitrogen and oxygen atoms in total. The number of pyridine rings is 1. The lowest BCUT2D eigenvalue weighted by Crippen LogP contribution is -2.29. The van der Waals surface area contributed by atoms with Crippen molar-refractivity contribution in [1.82, 2.24) is 10.3 Å². The van der Waals surface area contributed by atoms with Crippen LogP contribution in [0, 0.1) is 0 Å². The molecule has 1 atom stereocenters. The van der Waals surface area contributed by atoms with E-state index in [2.05, 4.69) is 15.6 Å². The molecule has 1 aromatic carbocycles. The van der Waals surface area contributed by atoms with Crippen LogP contribution in [-0.4, -0.2) is 43.1 Å². The van der Waals surface area contributed by atoms with Gasteiger partial charge in [-0.15, -0.1) is 0 Å². The highest BCUT2D eigenvalue weighted by molar-refractivity contribution is 5.98. The second-order valence-corrected chi connectivity index (χ2v) is 6.40. The molecule has 8 heteroatoms. The van der Waals surface area contributed by atoms with Gasteiger partial charge in [0.05, 0.1) is 7.11 Å². The van der Waals surface area contributed by atoms with E-state index < -0.39 is 5.97 Å². The van der Waals surface area contributed by atoms with Gasteiger partial charge in [0.15, 0.2) is 0 Å². The summed E-state index contributed by atoms with van der Waals surface area (Å²) in [6.07, 6.45) is 0.230. The molecule has 0 saturated carbocycles. The number of benzene rings is 1. The molecular weight excluding hydrogens is 348 g/mol. The summed E-state index contributed by atoms with van der Waals surface area (Å²) in [5.41, 5.74) is 3.10. The number of aromatic nitrogens is 1. The van der Waals surface area contributed by atoms with Crippen molar-refractivity contribution in [3.8, 4) is 0 Å². The van der Waals surface area contributed by atoms with Gasteiger partial charge < -0.3 is 15.4 Å². The van der Waals surface area contributed by atoms with Gasteiger partial charge in [-0.2, -0.15) is 0 Å². The van der Waals surface area contributed by atoms with E-state index in [1.807, 2.05) is 12.1 Å². The fourth-order valence-electron chi connectivity index (χ4n) is 3.47. The maximum absolute atomic E-state index is 12.3. The third-order valence-electron chi connectivity index (χ3n) is 4.77. The van der Waals surface area contributed by atoms with Crippen LogP contribution in [0.15, 0.2) is 36.4 Å². The number of nitrogens with one attached hydrogen (secondary N) is 2. The molecule has 0 spiro atoms. The Hall–Kier alpha value is -3.42. The molecule has 2 aromatic rings. The monoisotopic (exact) mass is 366 g/mol. The van der Waals surface area contributed by atoms with Gasteiger partial charge >= 0.3 is 12.0 Å². The number of hydrogen-bond donors (Lipinski definition) is 2. The standard InChI is InChI=1S/C19H18N4O4/c1-27-18(25)15-4-2-3-14(21-15)13-10-17(24)22-16-9-11(5-6-12(13)16)23-8-7-20-19(23)26/h2-6,9,13H,7-8,10H2,1H3,(H,20,26)(H,22,24)/t13-/m0/s1. The minimum absolute atomic E-state index is 0.138. The molecule has 0 unspecified atom stereocenters. The molecule has 2 aliphatic rings. The number of carbonyl (C=O) groups is 3. The number of methoxy groups -OCH3 is 1. The zero-order valence-corrected chi connectivity index (χ0v) is 14.7. The van der Waals surface area contributed by atoms with Crippen molar-refractivity contribution in [2.45, 2.75) is 12.3 Å². The molecule has 2 aliphatic heterocycles. The Morgan fingerprint density at radius 3 is 2.85 bits per heavy atom. The topological polar surface area (TPSA) is 101 Å². The van der Waals surface area contributed by atoms with E-state index in [0.29, 0.717) is 24.5 Å². The number of anilines is 2. The Morgan fingerprint density at radius 1 is 1.26 bits per heavy atom. The number of urea groups is 1. The lowest BCUT2D eigenvalue weighted by molar-refractivity contribution is -0.116. The molecule has 1 saturated heterocycles. The normalized spacial score (nSPS) is 18.6. The smallest absolute Gasteiger partial charge is 0.356 e. The molecule has 3 heterocycles. The van der Waals surface area contributed by atoms with Gasteiger partial charge in [-0.3, -0.25) is 9.69 Å². The number of ether oxygens (including phenoxy) is 1. The van der Waals surface area contributed by atoms with Crippen LogP contribution >= 0.6 is 0 Å². The average molecular weight is 366 g/mol. The number of esters is 1. The fraction of sp³-hybridized carbons (Fsp3) is 0.263. The number of rotatable bonds is 3. The highest BCUT2D eigenvalue weighted by Crippen LogP contribution is 2.38. The second-order valence-electron chi connectivity index (χ2n) is 6.40. The molecule has 0 radical (unpaired) electrons. The van der Waals surface area contributed by atoms with Gasteiger partial charge in [-0.1, -0.05) is 12.1 Å². The maximum Gasteiger partial charge on any atom is 0.356 e. The highest BCUT2D eigenvalue weighted by atomic mass is 16.5. The Balaban J connectivity index is 1.72. The van der Waals surface area contributed by atoms with E-state index >= 15 is 0 Å². The quantitative estimate of drug-likeness (QED) is 0.808. The second kappa shape index (κ2) is 6.71. The molecule has 138 valence electrons. The first-order chi connectivity index (χ1) is 13.1. The van der Waals surface area contributed by atoms with Crippen LogP contribution in [0.1, 0.15) is 34.1 Å². The Morgan fingerprint density at radius 2 is 2.11 bits per heavy atom. The van der Waals surface area contributed by atoms with Gasteiger partial charge in [0.1, 0.15) is 5.69 Å². The number of fused-ring (bicyclic) bond motifs is 1. The van der Waals surface area contributed by atoms with Crippen LogP contribution in [0.4, 0.5) is 16.2 Å². The van der Waals surface area contributed by atoms with Crippen molar-refractivity contribution < 1.29 is 19.1 Å². The van der Waals surface area contributed by atoms with Crippen LogP contribution in [-0.2, 0) is 9.53 Å². The highest BCUT2D eigenvalue weighted by Gasteiger charge is 2.30. The van der Waals surface area contributed by atoms with E-state index in [-0.39, 0.29) is 30.0 Å². The van der Waals surface area contributed by atoms with Crippen LogP contribution in [0.25, 0.3) is 0 Å². The predicted molar refractivity (Wildman–Crippen MR) is 97.9 cm³/mol. The minimum Gasteiger partial charge on any atom is -0.464 e. The third kappa shape index (κ3) is 3.10. The predicted octanol–water partition coefficient (Wildman–Crippen LogP) is 1.87. The Kier molecular flexibility index (Phi) is 4.23. The van der Waals surface area contributed by atoms with E-state index in [0.717, 1.165) is 11.3 Å².